The highest BCUT2D eigenvalue weighted by Crippen LogP contribution is 2.49. The topological polar surface area (TPSA) is 8.17 Å². The molecular weight excluding hydrogens is 701 g/mol. The molecule has 11 rings (SSSR count). The number of rotatable bonds is 7. The van der Waals surface area contributed by atoms with Crippen LogP contribution in [0, 0.1) is 0 Å². The van der Waals surface area contributed by atoms with Crippen molar-refractivity contribution in [3.63, 3.8) is 0 Å². The summed E-state index contributed by atoms with van der Waals surface area (Å²) in [5.41, 5.74) is 14.0. The molecule has 0 saturated carbocycles. The van der Waals surface area contributed by atoms with Crippen molar-refractivity contribution in [1.82, 2.24) is 4.57 Å². The van der Waals surface area contributed by atoms with Gasteiger partial charge in [0, 0.05) is 27.7 Å². The van der Waals surface area contributed by atoms with Gasteiger partial charge in [-0.15, -0.1) is 0 Å². The minimum absolute atomic E-state index is 1.08. The molecule has 272 valence electrons. The Morgan fingerprint density at radius 1 is 0.310 bits per heavy atom. The SMILES string of the molecule is c1ccc(-c2ccccc2N(c2ccc3c(c2)c(-c2ccccc2)c(-c2ccccc2)c2ccccc23)c2cccc3c4ccccc4n(-c4ccccc4)c23)cc1. The first-order valence-electron chi connectivity index (χ1n) is 19.9. The average Bonchev–Trinajstić information content (AvgIpc) is 3.65. The number of anilines is 3. The summed E-state index contributed by atoms with van der Waals surface area (Å²) in [4.78, 5) is 2.49. The van der Waals surface area contributed by atoms with Crippen molar-refractivity contribution in [2.24, 2.45) is 0 Å². The third-order valence-electron chi connectivity index (χ3n) is 11.6. The summed E-state index contributed by atoms with van der Waals surface area (Å²) >= 11 is 0. The molecule has 1 heterocycles. The molecule has 0 aliphatic carbocycles. The number of aromatic nitrogens is 1. The fourth-order valence-corrected chi connectivity index (χ4v) is 9.09. The smallest absolute Gasteiger partial charge is 0.0782 e. The van der Waals surface area contributed by atoms with Gasteiger partial charge in [0.25, 0.3) is 0 Å². The van der Waals surface area contributed by atoms with Crippen LogP contribution in [0.3, 0.4) is 0 Å². The lowest BCUT2D eigenvalue weighted by Crippen LogP contribution is -2.13. The molecule has 0 unspecified atom stereocenters. The predicted octanol–water partition coefficient (Wildman–Crippen LogP) is 15.6. The van der Waals surface area contributed by atoms with Crippen LogP contribution in [0.1, 0.15) is 0 Å². The van der Waals surface area contributed by atoms with E-state index < -0.39 is 0 Å². The molecule has 0 saturated heterocycles. The number of hydrogen-bond acceptors (Lipinski definition) is 1. The van der Waals surface area contributed by atoms with Crippen LogP contribution in [-0.4, -0.2) is 4.57 Å². The fourth-order valence-electron chi connectivity index (χ4n) is 9.09. The minimum atomic E-state index is 1.08. The van der Waals surface area contributed by atoms with Gasteiger partial charge >= 0.3 is 0 Å². The number of hydrogen-bond donors (Lipinski definition) is 0. The van der Waals surface area contributed by atoms with Gasteiger partial charge in [0.1, 0.15) is 0 Å². The molecule has 0 atom stereocenters. The van der Waals surface area contributed by atoms with E-state index in [1.807, 2.05) is 0 Å². The molecular formula is C56H38N2. The molecule has 0 bridgehead atoms. The van der Waals surface area contributed by atoms with Crippen LogP contribution in [0.25, 0.3) is 82.4 Å². The Balaban J connectivity index is 1.29. The molecule has 0 N–H and O–H groups in total. The Hall–Kier alpha value is -7.68. The lowest BCUT2D eigenvalue weighted by Gasteiger charge is -2.30. The van der Waals surface area contributed by atoms with E-state index in [0.717, 1.165) is 33.8 Å². The van der Waals surface area contributed by atoms with Crippen LogP contribution in [-0.2, 0) is 0 Å². The summed E-state index contributed by atoms with van der Waals surface area (Å²) in [6.07, 6.45) is 0. The second-order valence-electron chi connectivity index (χ2n) is 14.8. The van der Waals surface area contributed by atoms with Gasteiger partial charge in [-0.2, -0.15) is 0 Å². The van der Waals surface area contributed by atoms with Crippen LogP contribution < -0.4 is 4.90 Å². The lowest BCUT2D eigenvalue weighted by atomic mass is 9.85. The van der Waals surface area contributed by atoms with Crippen molar-refractivity contribution in [1.29, 1.82) is 0 Å². The van der Waals surface area contributed by atoms with Crippen LogP contribution in [0.5, 0.6) is 0 Å². The lowest BCUT2D eigenvalue weighted by molar-refractivity contribution is 1.17. The zero-order chi connectivity index (χ0) is 38.4. The highest BCUT2D eigenvalue weighted by atomic mass is 15.2. The van der Waals surface area contributed by atoms with Crippen LogP contribution in [0.15, 0.2) is 231 Å². The Kier molecular flexibility index (Phi) is 8.19. The molecule has 11 aromatic rings. The maximum Gasteiger partial charge on any atom is 0.0782 e. The van der Waals surface area contributed by atoms with Gasteiger partial charge in [-0.1, -0.05) is 188 Å². The molecule has 2 nitrogen and oxygen atoms in total. The van der Waals surface area contributed by atoms with E-state index in [2.05, 4.69) is 240 Å². The fraction of sp³-hybridized carbons (Fsp3) is 0. The third-order valence-corrected chi connectivity index (χ3v) is 11.6. The molecule has 0 amide bonds. The summed E-state index contributed by atoms with van der Waals surface area (Å²) in [5, 5.41) is 7.36. The second-order valence-corrected chi connectivity index (χ2v) is 14.8. The molecule has 1 aromatic heterocycles. The largest absolute Gasteiger partial charge is 0.308 e. The average molecular weight is 739 g/mol. The quantitative estimate of drug-likeness (QED) is 0.148. The van der Waals surface area contributed by atoms with Crippen molar-refractivity contribution < 1.29 is 0 Å². The first-order chi connectivity index (χ1) is 28.8. The number of benzene rings is 10. The van der Waals surface area contributed by atoms with E-state index in [4.69, 9.17) is 0 Å². The predicted molar refractivity (Wildman–Crippen MR) is 247 cm³/mol. The van der Waals surface area contributed by atoms with E-state index in [1.54, 1.807) is 0 Å². The summed E-state index contributed by atoms with van der Waals surface area (Å²) in [7, 11) is 0. The van der Waals surface area contributed by atoms with Crippen LogP contribution >= 0.6 is 0 Å². The second kappa shape index (κ2) is 14.1. The Labute approximate surface area is 338 Å². The van der Waals surface area contributed by atoms with Gasteiger partial charge in [0.05, 0.1) is 22.4 Å². The number of para-hydroxylation sites is 4. The van der Waals surface area contributed by atoms with Crippen molar-refractivity contribution in [3.8, 4) is 39.1 Å². The van der Waals surface area contributed by atoms with Crippen molar-refractivity contribution in [2.45, 2.75) is 0 Å². The molecule has 0 aliphatic rings. The summed E-state index contributed by atoms with van der Waals surface area (Å²) < 4.78 is 2.44. The number of fused-ring (bicyclic) bond motifs is 6. The first-order valence-corrected chi connectivity index (χ1v) is 19.9. The Bertz CT molecular complexity index is 3260. The van der Waals surface area contributed by atoms with Crippen molar-refractivity contribution in [3.05, 3.63) is 231 Å². The summed E-state index contributed by atoms with van der Waals surface area (Å²) in [5.74, 6) is 0. The maximum atomic E-state index is 2.49. The molecule has 0 spiro atoms. The zero-order valence-corrected chi connectivity index (χ0v) is 31.8. The van der Waals surface area contributed by atoms with Gasteiger partial charge in [0.15, 0.2) is 0 Å². The minimum Gasteiger partial charge on any atom is -0.308 e. The van der Waals surface area contributed by atoms with Crippen LogP contribution in [0.2, 0.25) is 0 Å². The normalized spacial score (nSPS) is 11.4. The first kappa shape index (κ1) is 33.6. The highest BCUT2D eigenvalue weighted by Gasteiger charge is 2.25. The molecule has 10 aromatic carbocycles. The standard InChI is InChI=1S/C56H38N2/c1-5-20-39(21-6-1)44-28-15-17-33-51(44)57(53-35-19-32-49-47-30-16-18-34-52(47)58(56(49)53)42-26-11-4-12-27-42)43-36-37-46-45-29-13-14-31-48(45)54(40-22-7-2-8-23-40)55(50(46)38-43)41-24-9-3-10-25-41/h1-38H. The summed E-state index contributed by atoms with van der Waals surface area (Å²) in [6, 6.07) is 83.8. The van der Waals surface area contributed by atoms with Gasteiger partial charge in [-0.3, -0.25) is 0 Å². The van der Waals surface area contributed by atoms with Gasteiger partial charge < -0.3 is 9.47 Å². The Morgan fingerprint density at radius 3 is 1.52 bits per heavy atom. The van der Waals surface area contributed by atoms with Gasteiger partial charge in [-0.25, -0.2) is 0 Å². The molecule has 0 fully saturated rings. The zero-order valence-electron chi connectivity index (χ0n) is 31.8. The molecule has 0 radical (unpaired) electrons. The van der Waals surface area contributed by atoms with Gasteiger partial charge in [0.2, 0.25) is 0 Å². The number of nitrogens with zero attached hydrogens (tertiary/aromatic N) is 2. The maximum absolute atomic E-state index is 2.49. The molecule has 58 heavy (non-hydrogen) atoms. The van der Waals surface area contributed by atoms with Crippen molar-refractivity contribution in [2.75, 3.05) is 4.90 Å². The van der Waals surface area contributed by atoms with Crippen molar-refractivity contribution >= 4 is 60.4 Å². The van der Waals surface area contributed by atoms with E-state index >= 15 is 0 Å². The molecule has 0 aliphatic heterocycles. The van der Waals surface area contributed by atoms with Gasteiger partial charge in [-0.05, 0) is 91.8 Å². The Morgan fingerprint density at radius 2 is 0.810 bits per heavy atom. The monoisotopic (exact) mass is 738 g/mol. The van der Waals surface area contributed by atoms with E-state index in [9.17, 15) is 0 Å². The van der Waals surface area contributed by atoms with E-state index in [1.165, 1.54) is 65.7 Å². The molecule has 2 heteroatoms. The van der Waals surface area contributed by atoms with Crippen LogP contribution in [0.4, 0.5) is 17.1 Å². The van der Waals surface area contributed by atoms with E-state index in [0.29, 0.717) is 0 Å². The van der Waals surface area contributed by atoms with E-state index in [-0.39, 0.29) is 0 Å². The third kappa shape index (κ3) is 5.50. The summed E-state index contributed by atoms with van der Waals surface area (Å²) in [6.45, 7) is 0. The highest BCUT2D eigenvalue weighted by molar-refractivity contribution is 6.22.